The molecule has 4 rings (SSSR count). The second-order valence-corrected chi connectivity index (χ2v) is 9.68. The monoisotopic (exact) mass is 413 g/mol. The van der Waals surface area contributed by atoms with Crippen molar-refractivity contribution in [2.45, 2.75) is 45.1 Å². The van der Waals surface area contributed by atoms with Gasteiger partial charge in [0.1, 0.15) is 6.54 Å². The second kappa shape index (κ2) is 9.31. The van der Waals surface area contributed by atoms with Crippen molar-refractivity contribution in [1.29, 1.82) is 0 Å². The molecule has 156 valence electrons. The molecule has 2 aromatic rings. The third-order valence-corrected chi connectivity index (χ3v) is 7.54. The standard InChI is InChI=1S/C24H33N2O2S/c1-2-3-14-25(21-9-5-4-6-10-21)24(27)28-23-19-26(16-13-20(23)18-26)15-7-11-22-12-8-17-29-22/h4-6,8-10,12,17,20,23H,2-3,7,11,13-16,18-19H2,1H3/q+1/t20?,23-,26?/m0/s1. The number of rotatable bonds is 9. The Morgan fingerprint density at radius 1 is 1.17 bits per heavy atom. The lowest BCUT2D eigenvalue weighted by atomic mass is 10.0. The summed E-state index contributed by atoms with van der Waals surface area (Å²) in [6.45, 7) is 7.52. The number of hydrogen-bond donors (Lipinski definition) is 0. The highest BCUT2D eigenvalue weighted by molar-refractivity contribution is 7.09. The molecule has 3 heterocycles. The number of nitrogens with zero attached hydrogens (tertiary/aromatic N) is 2. The lowest BCUT2D eigenvalue weighted by molar-refractivity contribution is -0.910. The van der Waals surface area contributed by atoms with Crippen molar-refractivity contribution in [2.24, 2.45) is 5.92 Å². The zero-order valence-corrected chi connectivity index (χ0v) is 18.3. The minimum Gasteiger partial charge on any atom is -0.439 e. The number of piperidine rings is 1. The van der Waals surface area contributed by atoms with E-state index in [0.29, 0.717) is 5.92 Å². The molecule has 2 aliphatic rings. The first-order chi connectivity index (χ1) is 14.2. The van der Waals surface area contributed by atoms with E-state index < -0.39 is 0 Å². The van der Waals surface area contributed by atoms with E-state index >= 15 is 0 Å². The Balaban J connectivity index is 1.34. The molecule has 2 fully saturated rings. The maximum absolute atomic E-state index is 13.1. The highest BCUT2D eigenvalue weighted by atomic mass is 32.1. The van der Waals surface area contributed by atoms with E-state index in [-0.39, 0.29) is 12.2 Å². The van der Waals surface area contributed by atoms with E-state index in [1.807, 2.05) is 46.6 Å². The minimum absolute atomic E-state index is 0.0748. The molecule has 2 bridgehead atoms. The molecular weight excluding hydrogens is 380 g/mol. The normalized spacial score (nSPS) is 25.3. The van der Waals surface area contributed by atoms with Crippen molar-refractivity contribution >= 4 is 23.1 Å². The molecule has 2 aliphatic heterocycles. The smallest absolute Gasteiger partial charge is 0.414 e. The van der Waals surface area contributed by atoms with Crippen molar-refractivity contribution in [1.82, 2.24) is 0 Å². The van der Waals surface area contributed by atoms with E-state index in [2.05, 4.69) is 24.4 Å². The largest absolute Gasteiger partial charge is 0.439 e. The van der Waals surface area contributed by atoms with Crippen LogP contribution in [0.25, 0.3) is 0 Å². The first kappa shape index (κ1) is 20.4. The van der Waals surface area contributed by atoms with Gasteiger partial charge in [-0.2, -0.15) is 0 Å². The maximum Gasteiger partial charge on any atom is 0.414 e. The van der Waals surface area contributed by atoms with Gasteiger partial charge < -0.3 is 9.22 Å². The van der Waals surface area contributed by atoms with E-state index in [1.165, 1.54) is 43.8 Å². The fraction of sp³-hybridized carbons (Fsp3) is 0.542. The van der Waals surface area contributed by atoms with Crippen molar-refractivity contribution in [3.63, 3.8) is 0 Å². The van der Waals surface area contributed by atoms with Gasteiger partial charge in [-0.3, -0.25) is 4.90 Å². The van der Waals surface area contributed by atoms with Gasteiger partial charge in [0.15, 0.2) is 6.10 Å². The first-order valence-corrected chi connectivity index (χ1v) is 12.0. The van der Waals surface area contributed by atoms with Gasteiger partial charge in [0.2, 0.25) is 0 Å². The molecule has 2 unspecified atom stereocenters. The van der Waals surface area contributed by atoms with Crippen LogP contribution in [0.5, 0.6) is 0 Å². The quantitative estimate of drug-likeness (QED) is 0.519. The number of carbonyl (C=O) groups is 1. The highest BCUT2D eigenvalue weighted by Gasteiger charge is 2.52. The molecule has 1 aromatic heterocycles. The van der Waals surface area contributed by atoms with E-state index in [9.17, 15) is 4.79 Å². The molecule has 0 N–H and O–H groups in total. The fourth-order valence-corrected chi connectivity index (χ4v) is 5.79. The summed E-state index contributed by atoms with van der Waals surface area (Å²) in [6.07, 6.45) is 5.54. The summed E-state index contributed by atoms with van der Waals surface area (Å²) in [7, 11) is 0. The molecule has 0 saturated carbocycles. The summed E-state index contributed by atoms with van der Waals surface area (Å²) in [5.74, 6) is 0.532. The summed E-state index contributed by atoms with van der Waals surface area (Å²) < 4.78 is 7.26. The van der Waals surface area contributed by atoms with Crippen LogP contribution in [0.15, 0.2) is 47.8 Å². The minimum atomic E-state index is -0.167. The average Bonchev–Trinajstić information content (AvgIpc) is 3.46. The van der Waals surface area contributed by atoms with Gasteiger partial charge >= 0.3 is 6.09 Å². The summed E-state index contributed by atoms with van der Waals surface area (Å²) in [5, 5.41) is 2.16. The Morgan fingerprint density at radius 3 is 2.79 bits per heavy atom. The topological polar surface area (TPSA) is 29.5 Å². The number of anilines is 1. The lowest BCUT2D eigenvalue weighted by Crippen LogP contribution is -2.48. The van der Waals surface area contributed by atoms with Gasteiger partial charge in [-0.15, -0.1) is 11.3 Å². The summed E-state index contributed by atoms with van der Waals surface area (Å²) in [6, 6.07) is 14.3. The number of fused-ring (bicyclic) bond motifs is 2. The number of carbonyl (C=O) groups excluding carboxylic acids is 1. The van der Waals surface area contributed by atoms with E-state index in [1.54, 1.807) is 0 Å². The van der Waals surface area contributed by atoms with Crippen molar-refractivity contribution in [3.8, 4) is 0 Å². The number of thiophene rings is 1. The Morgan fingerprint density at radius 2 is 2.03 bits per heavy atom. The van der Waals surface area contributed by atoms with Gasteiger partial charge in [0.25, 0.3) is 0 Å². The number of quaternary nitrogens is 1. The molecule has 0 radical (unpaired) electrons. The molecule has 29 heavy (non-hydrogen) atoms. The number of ether oxygens (including phenoxy) is 1. The van der Waals surface area contributed by atoms with Crippen molar-refractivity contribution < 1.29 is 14.0 Å². The molecule has 1 amide bonds. The second-order valence-electron chi connectivity index (χ2n) is 8.65. The number of hydrogen-bond acceptors (Lipinski definition) is 3. The SMILES string of the molecule is CCCCN(C(=O)O[C@H]1C[N+]2(CCCc3cccs3)CCC1C2)c1ccccc1. The predicted molar refractivity (Wildman–Crippen MR) is 119 cm³/mol. The zero-order valence-electron chi connectivity index (χ0n) is 17.5. The van der Waals surface area contributed by atoms with Crippen LogP contribution in [0.3, 0.4) is 0 Å². The molecule has 0 spiro atoms. The number of unbranched alkanes of at least 4 members (excludes halogenated alkanes) is 1. The fourth-order valence-electron chi connectivity index (χ4n) is 5.03. The van der Waals surface area contributed by atoms with Crippen molar-refractivity contribution in [2.75, 3.05) is 37.6 Å². The average molecular weight is 414 g/mol. The summed E-state index contributed by atoms with van der Waals surface area (Å²) in [5.41, 5.74) is 0.939. The third kappa shape index (κ3) is 4.84. The van der Waals surface area contributed by atoms with Crippen molar-refractivity contribution in [3.05, 3.63) is 52.7 Å². The van der Waals surface area contributed by atoms with Gasteiger partial charge in [-0.25, -0.2) is 4.79 Å². The van der Waals surface area contributed by atoms with Crippen LogP contribution in [-0.4, -0.2) is 49.4 Å². The Hall–Kier alpha value is -1.85. The number of aryl methyl sites for hydroxylation is 1. The Kier molecular flexibility index (Phi) is 6.56. The number of amides is 1. The van der Waals surface area contributed by atoms with Crippen LogP contribution in [0.1, 0.15) is 37.5 Å². The molecule has 4 nitrogen and oxygen atoms in total. The zero-order chi connectivity index (χ0) is 20.1. The van der Waals surface area contributed by atoms with Crippen LogP contribution in [-0.2, 0) is 11.2 Å². The van der Waals surface area contributed by atoms with Gasteiger partial charge in [-0.1, -0.05) is 37.6 Å². The van der Waals surface area contributed by atoms with Crippen LogP contribution in [0.4, 0.5) is 10.5 Å². The summed E-state index contributed by atoms with van der Waals surface area (Å²) in [4.78, 5) is 16.4. The van der Waals surface area contributed by atoms with Crippen LogP contribution >= 0.6 is 11.3 Å². The van der Waals surface area contributed by atoms with Crippen LogP contribution in [0, 0.1) is 5.92 Å². The van der Waals surface area contributed by atoms with Gasteiger partial charge in [-0.05, 0) is 36.4 Å². The number of benzene rings is 1. The molecule has 1 aromatic carbocycles. The molecule has 3 atom stereocenters. The lowest BCUT2D eigenvalue weighted by Gasteiger charge is -2.34. The Labute approximate surface area is 178 Å². The molecular formula is C24H33N2O2S+. The third-order valence-electron chi connectivity index (χ3n) is 6.60. The molecule has 2 saturated heterocycles. The van der Waals surface area contributed by atoms with Gasteiger partial charge in [0, 0.05) is 30.0 Å². The van der Waals surface area contributed by atoms with Gasteiger partial charge in [0.05, 0.1) is 25.6 Å². The van der Waals surface area contributed by atoms with Crippen LogP contribution in [0.2, 0.25) is 0 Å². The van der Waals surface area contributed by atoms with Crippen LogP contribution < -0.4 is 4.90 Å². The highest BCUT2D eigenvalue weighted by Crippen LogP contribution is 2.38. The maximum atomic E-state index is 13.1. The molecule has 0 aliphatic carbocycles. The first-order valence-electron chi connectivity index (χ1n) is 11.1. The Bertz CT molecular complexity index is 779. The predicted octanol–water partition coefficient (Wildman–Crippen LogP) is 5.34. The molecule has 5 heteroatoms. The number of para-hydroxylation sites is 1. The summed E-state index contributed by atoms with van der Waals surface area (Å²) >= 11 is 1.86. The van der Waals surface area contributed by atoms with E-state index in [0.717, 1.165) is 36.1 Å². The van der Waals surface area contributed by atoms with E-state index in [4.69, 9.17) is 4.74 Å².